The van der Waals surface area contributed by atoms with E-state index < -0.39 is 9.84 Å². The van der Waals surface area contributed by atoms with E-state index in [1.807, 2.05) is 11.8 Å². The van der Waals surface area contributed by atoms with Crippen LogP contribution < -0.4 is 4.90 Å². The molecule has 2 saturated heterocycles. The summed E-state index contributed by atoms with van der Waals surface area (Å²) in [5.74, 6) is 1.41. The first-order valence-electron chi connectivity index (χ1n) is 10.4. The second-order valence-electron chi connectivity index (χ2n) is 8.74. The van der Waals surface area contributed by atoms with Crippen LogP contribution in [-0.2, 0) is 14.6 Å². The van der Waals surface area contributed by atoms with Crippen LogP contribution in [0.1, 0.15) is 37.8 Å². The van der Waals surface area contributed by atoms with Crippen molar-refractivity contribution in [1.29, 1.82) is 0 Å². The number of carbonyl (C=O) groups excluding carboxylic acids is 1. The molecule has 154 valence electrons. The molecule has 3 heterocycles. The topological polar surface area (TPSA) is 83.5 Å². The van der Waals surface area contributed by atoms with Crippen molar-refractivity contribution >= 4 is 32.6 Å². The predicted molar refractivity (Wildman–Crippen MR) is 111 cm³/mol. The van der Waals surface area contributed by atoms with Gasteiger partial charge in [0.1, 0.15) is 6.04 Å². The molecule has 8 heteroatoms. The number of hydrogen-bond acceptors (Lipinski definition) is 6. The Kier molecular flexibility index (Phi) is 4.31. The maximum Gasteiger partial charge on any atom is 0.245 e. The van der Waals surface area contributed by atoms with Gasteiger partial charge in [-0.25, -0.2) is 18.4 Å². The van der Waals surface area contributed by atoms with Crippen LogP contribution in [0.3, 0.4) is 0 Å². The lowest BCUT2D eigenvalue weighted by Gasteiger charge is -2.33. The van der Waals surface area contributed by atoms with Gasteiger partial charge in [-0.2, -0.15) is 0 Å². The Bertz CT molecular complexity index is 1100. The van der Waals surface area contributed by atoms with E-state index in [1.54, 1.807) is 18.2 Å². The molecule has 3 aliphatic rings. The van der Waals surface area contributed by atoms with Gasteiger partial charge in [0.2, 0.25) is 11.9 Å². The average Bonchev–Trinajstić information content (AvgIpc) is 3.42. The Morgan fingerprint density at radius 3 is 2.69 bits per heavy atom. The molecule has 0 spiro atoms. The Labute approximate surface area is 171 Å². The lowest BCUT2D eigenvalue weighted by molar-refractivity contribution is -0.134. The number of anilines is 1. The number of hydrogen-bond donors (Lipinski definition) is 0. The van der Waals surface area contributed by atoms with Crippen molar-refractivity contribution in [2.45, 2.75) is 56.0 Å². The average molecular weight is 415 g/mol. The molecule has 1 aromatic carbocycles. The zero-order valence-corrected chi connectivity index (χ0v) is 17.7. The Morgan fingerprint density at radius 2 is 2.00 bits per heavy atom. The van der Waals surface area contributed by atoms with Gasteiger partial charge < -0.3 is 9.80 Å². The van der Waals surface area contributed by atoms with Gasteiger partial charge in [0.05, 0.1) is 16.1 Å². The monoisotopic (exact) mass is 414 g/mol. The lowest BCUT2D eigenvalue weighted by Crippen LogP contribution is -2.49. The Morgan fingerprint density at radius 1 is 1.17 bits per heavy atom. The number of likely N-dealkylation sites (tertiary alicyclic amines) is 1. The molecule has 2 aliphatic heterocycles. The molecule has 3 atom stereocenters. The number of fused-ring (bicyclic) bond motifs is 3. The fourth-order valence-corrected chi connectivity index (χ4v) is 5.90. The zero-order valence-electron chi connectivity index (χ0n) is 16.8. The summed E-state index contributed by atoms with van der Waals surface area (Å²) < 4.78 is 23.9. The van der Waals surface area contributed by atoms with E-state index in [0.29, 0.717) is 23.4 Å². The molecule has 29 heavy (non-hydrogen) atoms. The number of benzene rings is 1. The van der Waals surface area contributed by atoms with Crippen molar-refractivity contribution in [2.24, 2.45) is 5.92 Å². The van der Waals surface area contributed by atoms with Gasteiger partial charge in [-0.05, 0) is 63.1 Å². The molecular weight excluding hydrogens is 388 g/mol. The first-order valence-corrected chi connectivity index (χ1v) is 12.3. The summed E-state index contributed by atoms with van der Waals surface area (Å²) in [5.41, 5.74) is 1.40. The molecule has 2 bridgehead atoms. The van der Waals surface area contributed by atoms with Crippen molar-refractivity contribution < 1.29 is 13.2 Å². The summed E-state index contributed by atoms with van der Waals surface area (Å²) in [5, 5.41) is 0.833. The largest absolute Gasteiger partial charge is 0.338 e. The van der Waals surface area contributed by atoms with E-state index in [4.69, 9.17) is 0 Å². The molecule has 1 saturated carbocycles. The third kappa shape index (κ3) is 3.17. The fraction of sp³-hybridized carbons (Fsp3) is 0.571. The summed E-state index contributed by atoms with van der Waals surface area (Å²) in [7, 11) is -3.31. The Hall–Kier alpha value is -2.22. The van der Waals surface area contributed by atoms with Crippen LogP contribution in [-0.4, -0.2) is 60.6 Å². The number of piperidine rings is 1. The minimum atomic E-state index is -3.31. The summed E-state index contributed by atoms with van der Waals surface area (Å²) in [6.45, 7) is 3.54. The molecule has 3 unspecified atom stereocenters. The number of rotatable bonds is 3. The molecule has 1 amide bonds. The summed E-state index contributed by atoms with van der Waals surface area (Å²) in [6.07, 6.45) is 6.47. The minimum absolute atomic E-state index is 0.209. The molecule has 3 fully saturated rings. The van der Waals surface area contributed by atoms with Gasteiger partial charge in [-0.1, -0.05) is 0 Å². The van der Waals surface area contributed by atoms with Crippen LogP contribution in [0.2, 0.25) is 0 Å². The van der Waals surface area contributed by atoms with Crippen LogP contribution in [0, 0.1) is 12.8 Å². The van der Waals surface area contributed by atoms with Crippen molar-refractivity contribution in [3.8, 4) is 0 Å². The highest BCUT2D eigenvalue weighted by molar-refractivity contribution is 7.90. The van der Waals surface area contributed by atoms with E-state index in [0.717, 1.165) is 49.9 Å². The van der Waals surface area contributed by atoms with Crippen LogP contribution in [0.25, 0.3) is 10.9 Å². The minimum Gasteiger partial charge on any atom is -0.338 e. The van der Waals surface area contributed by atoms with Crippen molar-refractivity contribution in [1.82, 2.24) is 14.9 Å². The summed E-state index contributed by atoms with van der Waals surface area (Å²) in [6, 6.07) is 5.15. The van der Waals surface area contributed by atoms with Crippen LogP contribution in [0.4, 0.5) is 5.95 Å². The molecule has 7 nitrogen and oxygen atoms in total. The molecule has 5 rings (SSSR count). The number of carbonyl (C=O) groups is 1. The molecule has 1 aliphatic carbocycles. The van der Waals surface area contributed by atoms with Crippen molar-refractivity contribution in [3.05, 3.63) is 23.9 Å². The van der Waals surface area contributed by atoms with Crippen molar-refractivity contribution in [2.75, 3.05) is 24.2 Å². The highest BCUT2D eigenvalue weighted by atomic mass is 32.2. The fourth-order valence-electron chi connectivity index (χ4n) is 5.26. The first kappa shape index (κ1) is 18.8. The maximum atomic E-state index is 13.3. The zero-order chi connectivity index (χ0) is 20.3. The SMILES string of the molecule is Cc1nc(N2CCCC2C(=O)N2CC3CCC2C3)nc2cc(S(C)(=O)=O)ccc12. The lowest BCUT2D eigenvalue weighted by atomic mass is 10.1. The smallest absolute Gasteiger partial charge is 0.245 e. The molecule has 1 aromatic heterocycles. The quantitative estimate of drug-likeness (QED) is 0.767. The molecule has 2 aromatic rings. The van der Waals surface area contributed by atoms with Crippen LogP contribution in [0.5, 0.6) is 0 Å². The third-order valence-corrected chi connectivity index (χ3v) is 7.87. The van der Waals surface area contributed by atoms with E-state index in [9.17, 15) is 13.2 Å². The molecular formula is C21H26N4O3S. The Balaban J connectivity index is 1.49. The van der Waals surface area contributed by atoms with Crippen LogP contribution in [0.15, 0.2) is 23.1 Å². The maximum absolute atomic E-state index is 13.3. The summed E-state index contributed by atoms with van der Waals surface area (Å²) >= 11 is 0. The van der Waals surface area contributed by atoms with Gasteiger partial charge in [-0.15, -0.1) is 0 Å². The van der Waals surface area contributed by atoms with Gasteiger partial charge in [0, 0.05) is 30.8 Å². The summed E-state index contributed by atoms with van der Waals surface area (Å²) in [4.78, 5) is 27.0. The molecule has 0 radical (unpaired) electrons. The van der Waals surface area contributed by atoms with E-state index in [-0.39, 0.29) is 16.8 Å². The van der Waals surface area contributed by atoms with Gasteiger partial charge in [0.15, 0.2) is 9.84 Å². The highest BCUT2D eigenvalue weighted by Gasteiger charge is 2.44. The second-order valence-corrected chi connectivity index (χ2v) is 10.8. The van der Waals surface area contributed by atoms with E-state index >= 15 is 0 Å². The van der Waals surface area contributed by atoms with Gasteiger partial charge >= 0.3 is 0 Å². The van der Waals surface area contributed by atoms with Gasteiger partial charge in [0.25, 0.3) is 0 Å². The van der Waals surface area contributed by atoms with E-state index in [1.165, 1.54) is 12.7 Å². The number of aromatic nitrogens is 2. The number of nitrogens with zero attached hydrogens (tertiary/aromatic N) is 4. The highest BCUT2D eigenvalue weighted by Crippen LogP contribution is 2.39. The molecule has 0 N–H and O–H groups in total. The number of sulfone groups is 1. The number of amides is 1. The normalized spacial score (nSPS) is 26.6. The van der Waals surface area contributed by atoms with Crippen LogP contribution >= 0.6 is 0 Å². The van der Waals surface area contributed by atoms with Gasteiger partial charge in [-0.3, -0.25) is 4.79 Å². The first-order chi connectivity index (χ1) is 13.8. The van der Waals surface area contributed by atoms with E-state index in [2.05, 4.69) is 14.9 Å². The van der Waals surface area contributed by atoms with Crippen molar-refractivity contribution in [3.63, 3.8) is 0 Å². The number of aryl methyl sites for hydroxylation is 1. The standard InChI is InChI=1S/C21H26N4O3S/c1-13-17-8-7-16(29(2,27)28)11-18(17)23-21(22-13)24-9-3-4-19(24)20(26)25-12-14-5-6-15(25)10-14/h7-8,11,14-15,19H,3-6,9-10,12H2,1-2H3. The predicted octanol–water partition coefficient (Wildman–Crippen LogP) is 2.32. The third-order valence-electron chi connectivity index (χ3n) is 6.76. The second kappa shape index (κ2) is 6.65.